The van der Waals surface area contributed by atoms with Gasteiger partial charge in [-0.25, -0.2) is 0 Å². The van der Waals surface area contributed by atoms with Gasteiger partial charge in [-0.15, -0.1) is 0 Å². The Morgan fingerprint density at radius 1 is 1.25 bits per heavy atom. The fourth-order valence-corrected chi connectivity index (χ4v) is 1.99. The molecule has 1 saturated heterocycles. The minimum atomic E-state index is -0.262. The van der Waals surface area contributed by atoms with Gasteiger partial charge >= 0.3 is 0 Å². The lowest BCUT2D eigenvalue weighted by molar-refractivity contribution is -0.141. The largest absolute Gasteiger partial charge is 0.340 e. The minimum Gasteiger partial charge on any atom is -0.340 e. The highest BCUT2D eigenvalue weighted by molar-refractivity contribution is 5.81. The molecule has 1 atom stereocenters. The summed E-state index contributed by atoms with van der Waals surface area (Å²) in [5, 5.41) is 0. The lowest BCUT2D eigenvalue weighted by Crippen LogP contribution is -2.54. The van der Waals surface area contributed by atoms with Crippen LogP contribution in [0.15, 0.2) is 0 Å². The number of hydrogen-bond acceptors (Lipinski definition) is 3. The van der Waals surface area contributed by atoms with Crippen LogP contribution in [0.1, 0.15) is 27.7 Å². The molecule has 1 amide bonds. The van der Waals surface area contributed by atoms with Crippen LogP contribution < -0.4 is 5.73 Å². The molecule has 0 aromatic carbocycles. The van der Waals surface area contributed by atoms with Gasteiger partial charge in [-0.3, -0.25) is 9.69 Å². The summed E-state index contributed by atoms with van der Waals surface area (Å²) in [6.07, 6.45) is 0. The van der Waals surface area contributed by atoms with E-state index >= 15 is 0 Å². The van der Waals surface area contributed by atoms with Crippen molar-refractivity contribution in [2.75, 3.05) is 32.7 Å². The van der Waals surface area contributed by atoms with Crippen molar-refractivity contribution in [3.8, 4) is 0 Å². The first-order chi connectivity index (χ1) is 7.36. The molecule has 0 aliphatic carbocycles. The normalized spacial score (nSPS) is 20.9. The Morgan fingerprint density at radius 3 is 2.12 bits per heavy atom. The van der Waals surface area contributed by atoms with Gasteiger partial charge in [0.05, 0.1) is 0 Å². The Balaban J connectivity index is 2.46. The van der Waals surface area contributed by atoms with Crippen molar-refractivity contribution in [1.29, 1.82) is 0 Å². The van der Waals surface area contributed by atoms with Crippen LogP contribution in [0, 0.1) is 5.41 Å². The van der Waals surface area contributed by atoms with E-state index in [0.717, 1.165) is 26.2 Å². The number of amides is 1. The maximum Gasteiger partial charge on any atom is 0.228 e. The molecule has 4 heteroatoms. The molecular weight excluding hydrogens is 202 g/mol. The second-order valence-electron chi connectivity index (χ2n) is 5.66. The van der Waals surface area contributed by atoms with Crippen LogP contribution in [-0.4, -0.2) is 54.5 Å². The molecule has 0 aromatic heterocycles. The summed E-state index contributed by atoms with van der Waals surface area (Å²) < 4.78 is 0. The number of carbonyl (C=O) groups excluding carboxylic acids is 1. The van der Waals surface area contributed by atoms with Crippen LogP contribution in [0.25, 0.3) is 0 Å². The third kappa shape index (κ3) is 3.19. The fraction of sp³-hybridized carbons (Fsp3) is 0.917. The van der Waals surface area contributed by atoms with Crippen molar-refractivity contribution in [1.82, 2.24) is 9.80 Å². The van der Waals surface area contributed by atoms with E-state index < -0.39 is 0 Å². The first-order valence-electron chi connectivity index (χ1n) is 6.09. The van der Waals surface area contributed by atoms with Crippen LogP contribution in [0.5, 0.6) is 0 Å². The Hall–Kier alpha value is -0.610. The lowest BCUT2D eigenvalue weighted by Gasteiger charge is -2.39. The number of carbonyl (C=O) groups is 1. The fourth-order valence-electron chi connectivity index (χ4n) is 1.99. The minimum absolute atomic E-state index is 0.257. The quantitative estimate of drug-likeness (QED) is 0.748. The summed E-state index contributed by atoms with van der Waals surface area (Å²) in [6.45, 7) is 12.3. The average molecular weight is 227 g/mol. The third-order valence-corrected chi connectivity index (χ3v) is 3.21. The van der Waals surface area contributed by atoms with Gasteiger partial charge < -0.3 is 10.6 Å². The van der Waals surface area contributed by atoms with E-state index in [1.54, 1.807) is 0 Å². The SMILES string of the molecule is CC(CN)N1CCN(C(=O)C(C)(C)C)CC1. The predicted octanol–water partition coefficient (Wildman–Crippen LogP) is 0.524. The summed E-state index contributed by atoms with van der Waals surface area (Å²) in [7, 11) is 0. The molecular formula is C12H25N3O. The van der Waals surface area contributed by atoms with Crippen molar-refractivity contribution in [2.45, 2.75) is 33.7 Å². The average Bonchev–Trinajstić information content (AvgIpc) is 2.26. The molecule has 0 radical (unpaired) electrons. The number of hydrogen-bond donors (Lipinski definition) is 1. The van der Waals surface area contributed by atoms with Crippen molar-refractivity contribution in [3.63, 3.8) is 0 Å². The highest BCUT2D eigenvalue weighted by atomic mass is 16.2. The second kappa shape index (κ2) is 5.15. The van der Waals surface area contributed by atoms with Gasteiger partial charge in [0.25, 0.3) is 0 Å². The van der Waals surface area contributed by atoms with Crippen LogP contribution in [0.2, 0.25) is 0 Å². The van der Waals surface area contributed by atoms with Gasteiger partial charge in [0, 0.05) is 44.2 Å². The van der Waals surface area contributed by atoms with E-state index in [9.17, 15) is 4.79 Å². The second-order valence-corrected chi connectivity index (χ2v) is 5.66. The van der Waals surface area contributed by atoms with Gasteiger partial charge in [0.15, 0.2) is 0 Å². The number of rotatable bonds is 2. The summed E-state index contributed by atoms with van der Waals surface area (Å²) in [4.78, 5) is 16.4. The molecule has 94 valence electrons. The van der Waals surface area contributed by atoms with Crippen molar-refractivity contribution < 1.29 is 4.79 Å². The molecule has 1 unspecified atom stereocenters. The van der Waals surface area contributed by atoms with E-state index in [-0.39, 0.29) is 11.3 Å². The molecule has 2 N–H and O–H groups in total. The van der Waals surface area contributed by atoms with Crippen LogP contribution in [0.3, 0.4) is 0 Å². The summed E-state index contributed by atoms with van der Waals surface area (Å²) in [5.41, 5.74) is 5.38. The zero-order chi connectivity index (χ0) is 12.3. The first kappa shape index (κ1) is 13.5. The molecule has 0 bridgehead atoms. The van der Waals surface area contributed by atoms with E-state index in [2.05, 4.69) is 11.8 Å². The molecule has 4 nitrogen and oxygen atoms in total. The Bertz CT molecular complexity index is 239. The Morgan fingerprint density at radius 2 is 1.75 bits per heavy atom. The molecule has 0 spiro atoms. The smallest absolute Gasteiger partial charge is 0.228 e. The Kier molecular flexibility index (Phi) is 4.33. The summed E-state index contributed by atoms with van der Waals surface area (Å²) in [5.74, 6) is 0.257. The van der Waals surface area contributed by atoms with Crippen molar-refractivity contribution >= 4 is 5.91 Å². The molecule has 16 heavy (non-hydrogen) atoms. The third-order valence-electron chi connectivity index (χ3n) is 3.21. The first-order valence-corrected chi connectivity index (χ1v) is 6.09. The molecule has 1 rings (SSSR count). The van der Waals surface area contributed by atoms with Gasteiger partial charge in [-0.2, -0.15) is 0 Å². The monoisotopic (exact) mass is 227 g/mol. The van der Waals surface area contributed by atoms with Gasteiger partial charge in [-0.1, -0.05) is 20.8 Å². The maximum atomic E-state index is 12.0. The van der Waals surface area contributed by atoms with Gasteiger partial charge in [-0.05, 0) is 6.92 Å². The van der Waals surface area contributed by atoms with Crippen LogP contribution >= 0.6 is 0 Å². The molecule has 1 aliphatic rings. The number of nitrogens with two attached hydrogens (primary N) is 1. The maximum absolute atomic E-state index is 12.0. The number of piperazine rings is 1. The Labute approximate surface area is 98.8 Å². The number of nitrogens with zero attached hydrogens (tertiary/aromatic N) is 2. The van der Waals surface area contributed by atoms with Crippen molar-refractivity contribution in [3.05, 3.63) is 0 Å². The lowest BCUT2D eigenvalue weighted by atomic mass is 9.94. The highest BCUT2D eigenvalue weighted by Gasteiger charge is 2.30. The van der Waals surface area contributed by atoms with Crippen molar-refractivity contribution in [2.24, 2.45) is 11.1 Å². The van der Waals surface area contributed by atoms with Crippen LogP contribution in [0.4, 0.5) is 0 Å². The zero-order valence-corrected chi connectivity index (χ0v) is 11.0. The molecule has 0 aromatic rings. The van der Waals surface area contributed by atoms with Crippen LogP contribution in [-0.2, 0) is 4.79 Å². The highest BCUT2D eigenvalue weighted by Crippen LogP contribution is 2.18. The summed E-state index contributed by atoms with van der Waals surface area (Å²) >= 11 is 0. The zero-order valence-electron chi connectivity index (χ0n) is 11.0. The standard InChI is InChI=1S/C12H25N3O/c1-10(9-13)14-5-7-15(8-6-14)11(16)12(2,3)4/h10H,5-9,13H2,1-4H3. The van der Waals surface area contributed by atoms with E-state index in [0.29, 0.717) is 12.6 Å². The predicted molar refractivity (Wildman–Crippen MR) is 66.1 cm³/mol. The molecule has 1 heterocycles. The molecule has 1 aliphatic heterocycles. The van der Waals surface area contributed by atoms with E-state index in [4.69, 9.17) is 5.73 Å². The molecule has 0 saturated carbocycles. The van der Waals surface area contributed by atoms with E-state index in [1.165, 1.54) is 0 Å². The topological polar surface area (TPSA) is 49.6 Å². The van der Waals surface area contributed by atoms with E-state index in [1.807, 2.05) is 25.7 Å². The molecule has 1 fully saturated rings. The van der Waals surface area contributed by atoms with Gasteiger partial charge in [0.2, 0.25) is 5.91 Å². The summed E-state index contributed by atoms with van der Waals surface area (Å²) in [6, 6.07) is 0.423. The van der Waals surface area contributed by atoms with Gasteiger partial charge in [0.1, 0.15) is 0 Å².